The Morgan fingerprint density at radius 3 is 0.853 bits per heavy atom. The van der Waals surface area contributed by atoms with Crippen LogP contribution in [0.4, 0.5) is 0 Å². The van der Waals surface area contributed by atoms with Gasteiger partial charge < -0.3 is 14.2 Å². The quantitative estimate of drug-likeness (QED) is 0.0261. The predicted molar refractivity (Wildman–Crippen MR) is 325 cm³/mol. The van der Waals surface area contributed by atoms with Crippen LogP contribution >= 0.6 is 0 Å². The molecule has 75 heavy (non-hydrogen) atoms. The van der Waals surface area contributed by atoms with Crippen LogP contribution in [0.25, 0.3) is 0 Å². The number of rotatable bonds is 58. The molecule has 0 N–H and O–H groups in total. The lowest BCUT2D eigenvalue weighted by Crippen LogP contribution is -2.30. The molecule has 0 heterocycles. The van der Waals surface area contributed by atoms with Crippen LogP contribution in [0.2, 0.25) is 0 Å². The maximum Gasteiger partial charge on any atom is 0.306 e. The minimum absolute atomic E-state index is 0.0854. The summed E-state index contributed by atoms with van der Waals surface area (Å²) in [6, 6.07) is 0. The Bertz CT molecular complexity index is 1430. The van der Waals surface area contributed by atoms with E-state index in [0.29, 0.717) is 19.3 Å². The highest BCUT2D eigenvalue weighted by molar-refractivity contribution is 5.71. The first-order valence-corrected chi connectivity index (χ1v) is 32.1. The summed E-state index contributed by atoms with van der Waals surface area (Å²) >= 11 is 0. The molecule has 0 unspecified atom stereocenters. The van der Waals surface area contributed by atoms with E-state index in [1.807, 2.05) is 0 Å². The molecule has 0 amide bonds. The zero-order valence-corrected chi connectivity index (χ0v) is 49.6. The molecule has 1 atom stereocenters. The van der Waals surface area contributed by atoms with Crippen LogP contribution in [0.3, 0.4) is 0 Å². The Kier molecular flexibility index (Phi) is 60.3. The van der Waals surface area contributed by atoms with Crippen molar-refractivity contribution in [2.75, 3.05) is 13.2 Å². The lowest BCUT2D eigenvalue weighted by Gasteiger charge is -2.18. The number of hydrogen-bond donors (Lipinski definition) is 0. The van der Waals surface area contributed by atoms with Gasteiger partial charge in [-0.2, -0.15) is 0 Å². The van der Waals surface area contributed by atoms with E-state index in [1.54, 1.807) is 0 Å². The molecule has 0 aromatic carbocycles. The summed E-state index contributed by atoms with van der Waals surface area (Å²) in [5, 5.41) is 0. The summed E-state index contributed by atoms with van der Waals surface area (Å²) in [4.78, 5) is 38.3. The predicted octanol–water partition coefficient (Wildman–Crippen LogP) is 21.9. The molecule has 0 aromatic heterocycles. The number of hydrogen-bond acceptors (Lipinski definition) is 6. The SMILES string of the molecule is CC/C=C\C/C=C\C/C=C\C/C=C\CCCCCCC(=O)OC[C@H](COC(=O)CCCCCCCCCCCCC/C=C\CCCCCCCC)OC(=O)CCCCCCCCCCC/C=C\C/C=C\CCCCC. The number of ether oxygens (including phenoxy) is 3. The van der Waals surface area contributed by atoms with Crippen LogP contribution in [0.5, 0.6) is 0 Å². The van der Waals surface area contributed by atoms with Gasteiger partial charge in [-0.25, -0.2) is 0 Å². The maximum absolute atomic E-state index is 12.9. The molecule has 0 saturated heterocycles. The van der Waals surface area contributed by atoms with Crippen molar-refractivity contribution >= 4 is 17.9 Å². The summed E-state index contributed by atoms with van der Waals surface area (Å²) in [6.07, 6.45) is 83.0. The molecule has 0 spiro atoms. The molecule has 0 fully saturated rings. The fourth-order valence-corrected chi connectivity index (χ4v) is 9.05. The van der Waals surface area contributed by atoms with Gasteiger partial charge in [0.2, 0.25) is 0 Å². The van der Waals surface area contributed by atoms with Crippen LogP contribution < -0.4 is 0 Å². The molecule has 6 nitrogen and oxygen atoms in total. The second kappa shape index (κ2) is 63.1. The third kappa shape index (κ3) is 61.3. The van der Waals surface area contributed by atoms with E-state index in [-0.39, 0.29) is 31.1 Å². The lowest BCUT2D eigenvalue weighted by atomic mass is 10.0. The third-order valence-corrected chi connectivity index (χ3v) is 13.9. The van der Waals surface area contributed by atoms with E-state index in [4.69, 9.17) is 14.2 Å². The minimum Gasteiger partial charge on any atom is -0.462 e. The van der Waals surface area contributed by atoms with E-state index < -0.39 is 6.10 Å². The number of carbonyl (C=O) groups is 3. The van der Waals surface area contributed by atoms with Crippen molar-refractivity contribution in [3.05, 3.63) is 85.1 Å². The summed E-state index contributed by atoms with van der Waals surface area (Å²) < 4.78 is 16.9. The number of carbonyl (C=O) groups excluding carboxylic acids is 3. The molecular weight excluding hydrogens is 925 g/mol. The van der Waals surface area contributed by atoms with Crippen molar-refractivity contribution in [3.63, 3.8) is 0 Å². The highest BCUT2D eigenvalue weighted by Crippen LogP contribution is 2.16. The smallest absolute Gasteiger partial charge is 0.306 e. The van der Waals surface area contributed by atoms with Crippen molar-refractivity contribution in [2.45, 2.75) is 322 Å². The number of esters is 3. The second-order valence-corrected chi connectivity index (χ2v) is 21.3. The van der Waals surface area contributed by atoms with Crippen LogP contribution in [0, 0.1) is 0 Å². The maximum atomic E-state index is 12.9. The number of unbranched alkanes of at least 4 members (excludes halogenated alkanes) is 33. The van der Waals surface area contributed by atoms with E-state index in [2.05, 4.69) is 106 Å². The molecule has 432 valence electrons. The third-order valence-electron chi connectivity index (χ3n) is 13.9. The molecular formula is C69H120O6. The van der Waals surface area contributed by atoms with Crippen molar-refractivity contribution in [3.8, 4) is 0 Å². The van der Waals surface area contributed by atoms with Crippen LogP contribution in [0.1, 0.15) is 316 Å². The van der Waals surface area contributed by atoms with Gasteiger partial charge in [-0.3, -0.25) is 14.4 Å². The first-order valence-electron chi connectivity index (χ1n) is 32.1. The highest BCUT2D eigenvalue weighted by atomic mass is 16.6. The Morgan fingerprint density at radius 1 is 0.280 bits per heavy atom. The van der Waals surface area contributed by atoms with Gasteiger partial charge in [0.25, 0.3) is 0 Å². The zero-order chi connectivity index (χ0) is 54.3. The molecule has 0 saturated carbocycles. The van der Waals surface area contributed by atoms with Crippen molar-refractivity contribution in [2.24, 2.45) is 0 Å². The summed E-state index contributed by atoms with van der Waals surface area (Å²) in [6.45, 7) is 6.51. The van der Waals surface area contributed by atoms with Gasteiger partial charge in [0.15, 0.2) is 6.10 Å². The van der Waals surface area contributed by atoms with E-state index in [1.165, 1.54) is 173 Å². The standard InChI is InChI=1S/C69H120O6/c1-4-7-10-13-16-19-22-25-28-31-33-34-36-38-41-44-47-50-53-56-59-62-68(71)74-65-66(64-73-67(70)61-58-55-52-49-46-43-40-37-30-27-24-21-18-15-12-9-6-3)75-69(72)63-60-57-54-51-48-45-42-39-35-32-29-26-23-20-17-14-11-8-5-2/h9,12,17-18,20-21,25-30,40,43,66H,4-8,10-11,13-16,19,22-24,31-39,41-42,44-65H2,1-3H3/b12-9-,20-17-,21-18-,28-25-,29-26-,30-27-,43-40-/t66-/m1/s1. The van der Waals surface area contributed by atoms with Crippen LogP contribution in [0.15, 0.2) is 85.1 Å². The lowest BCUT2D eigenvalue weighted by molar-refractivity contribution is -0.167. The minimum atomic E-state index is -0.791. The Hall–Kier alpha value is -3.41. The van der Waals surface area contributed by atoms with Gasteiger partial charge in [-0.1, -0.05) is 266 Å². The number of allylic oxidation sites excluding steroid dienone is 14. The average Bonchev–Trinajstić information content (AvgIpc) is 3.41. The Morgan fingerprint density at radius 2 is 0.520 bits per heavy atom. The van der Waals surface area contributed by atoms with Crippen molar-refractivity contribution in [1.29, 1.82) is 0 Å². The molecule has 0 bridgehead atoms. The topological polar surface area (TPSA) is 78.9 Å². The highest BCUT2D eigenvalue weighted by Gasteiger charge is 2.19. The summed E-state index contributed by atoms with van der Waals surface area (Å²) in [7, 11) is 0. The largest absolute Gasteiger partial charge is 0.462 e. The van der Waals surface area contributed by atoms with E-state index >= 15 is 0 Å². The summed E-state index contributed by atoms with van der Waals surface area (Å²) in [5.41, 5.74) is 0. The fraction of sp³-hybridized carbons (Fsp3) is 0.754. The van der Waals surface area contributed by atoms with Gasteiger partial charge in [0, 0.05) is 19.3 Å². The molecule has 0 rings (SSSR count). The molecule has 6 heteroatoms. The first-order chi connectivity index (χ1) is 37.0. The monoisotopic (exact) mass is 1040 g/mol. The van der Waals surface area contributed by atoms with E-state index in [0.717, 1.165) is 103 Å². The normalized spacial score (nSPS) is 12.6. The Labute approximate surface area is 465 Å². The van der Waals surface area contributed by atoms with Crippen LogP contribution in [-0.2, 0) is 28.6 Å². The van der Waals surface area contributed by atoms with E-state index in [9.17, 15) is 14.4 Å². The van der Waals surface area contributed by atoms with Gasteiger partial charge in [-0.15, -0.1) is 0 Å². The van der Waals surface area contributed by atoms with Gasteiger partial charge >= 0.3 is 17.9 Å². The zero-order valence-electron chi connectivity index (χ0n) is 49.6. The molecule has 0 aliphatic carbocycles. The van der Waals surface area contributed by atoms with Gasteiger partial charge in [0.1, 0.15) is 13.2 Å². The first kappa shape index (κ1) is 71.6. The molecule has 0 aliphatic rings. The van der Waals surface area contributed by atoms with Gasteiger partial charge in [0.05, 0.1) is 0 Å². The van der Waals surface area contributed by atoms with Crippen molar-refractivity contribution in [1.82, 2.24) is 0 Å². The molecule has 0 aliphatic heterocycles. The van der Waals surface area contributed by atoms with Crippen LogP contribution in [-0.4, -0.2) is 37.2 Å². The fourth-order valence-electron chi connectivity index (χ4n) is 9.05. The molecule has 0 aromatic rings. The average molecular weight is 1050 g/mol. The summed E-state index contributed by atoms with van der Waals surface area (Å²) in [5.74, 6) is -0.903. The Balaban J connectivity index is 4.40. The molecule has 0 radical (unpaired) electrons. The van der Waals surface area contributed by atoms with Crippen molar-refractivity contribution < 1.29 is 28.6 Å². The second-order valence-electron chi connectivity index (χ2n) is 21.3. The van der Waals surface area contributed by atoms with Gasteiger partial charge in [-0.05, 0) is 116 Å².